The van der Waals surface area contributed by atoms with Gasteiger partial charge in [0.05, 0.1) is 9.82 Å². The quantitative estimate of drug-likeness (QED) is 0.367. The average molecular weight is 486 g/mol. The van der Waals surface area contributed by atoms with Crippen LogP contribution in [0.1, 0.15) is 17.9 Å². The van der Waals surface area contributed by atoms with E-state index in [2.05, 4.69) is 10.2 Å². The molecule has 1 fully saturated rings. The summed E-state index contributed by atoms with van der Waals surface area (Å²) in [5, 5.41) is 18.8. The van der Waals surface area contributed by atoms with Crippen molar-refractivity contribution >= 4 is 21.6 Å². The molecular weight excluding hydrogens is 462 g/mol. The Bertz CT molecular complexity index is 1280. The van der Waals surface area contributed by atoms with Crippen molar-refractivity contribution < 1.29 is 22.6 Å². The Kier molecular flexibility index (Phi) is 6.70. The van der Waals surface area contributed by atoms with Gasteiger partial charge in [-0.3, -0.25) is 14.9 Å². The number of carbonyl (C=O) groups is 1. The molecule has 0 spiro atoms. The van der Waals surface area contributed by atoms with Gasteiger partial charge in [0.15, 0.2) is 0 Å². The van der Waals surface area contributed by atoms with Gasteiger partial charge in [0, 0.05) is 56.7 Å². The fourth-order valence-corrected chi connectivity index (χ4v) is 5.03. The first-order valence-electron chi connectivity index (χ1n) is 10.7. The van der Waals surface area contributed by atoms with Crippen molar-refractivity contribution in [2.75, 3.05) is 26.2 Å². The Morgan fingerprint density at radius 3 is 2.29 bits per heavy atom. The number of rotatable bonds is 7. The van der Waals surface area contributed by atoms with Gasteiger partial charge in [-0.1, -0.05) is 17.7 Å². The Balaban J connectivity index is 1.30. The lowest BCUT2D eigenvalue weighted by Crippen LogP contribution is -2.50. The minimum atomic E-state index is -3.80. The van der Waals surface area contributed by atoms with Gasteiger partial charge in [-0.2, -0.15) is 4.31 Å². The van der Waals surface area contributed by atoms with Crippen LogP contribution < -0.4 is 0 Å². The van der Waals surface area contributed by atoms with Crippen molar-refractivity contribution in [2.45, 2.75) is 24.7 Å². The van der Waals surface area contributed by atoms with E-state index in [0.29, 0.717) is 18.2 Å². The van der Waals surface area contributed by atoms with Crippen LogP contribution >= 0.6 is 0 Å². The molecule has 1 aliphatic heterocycles. The van der Waals surface area contributed by atoms with Crippen LogP contribution in [0, 0.1) is 17.0 Å². The van der Waals surface area contributed by atoms with Gasteiger partial charge in [0.1, 0.15) is 0 Å². The SMILES string of the molecule is Cc1ccc(-c2nnc(CCC(=O)N3CCN(S(=O)(=O)c4ccc([N+](=O)[O-])cc4)CC3)o2)cc1. The zero-order valence-electron chi connectivity index (χ0n) is 18.5. The zero-order chi connectivity index (χ0) is 24.3. The third kappa shape index (κ3) is 5.13. The highest BCUT2D eigenvalue weighted by Gasteiger charge is 2.30. The first-order valence-corrected chi connectivity index (χ1v) is 12.1. The molecule has 0 aliphatic carbocycles. The number of piperazine rings is 1. The molecular formula is C22H23N5O6S. The molecule has 0 radical (unpaired) electrons. The van der Waals surface area contributed by atoms with Crippen LogP contribution in [0.4, 0.5) is 5.69 Å². The molecule has 12 heteroatoms. The standard InChI is InChI=1S/C22H23N5O6S/c1-16-2-4-17(5-3-16)22-24-23-20(33-22)10-11-21(28)25-12-14-26(15-13-25)34(31,32)19-8-6-18(7-9-19)27(29)30/h2-9H,10-15H2,1H3. The number of nitro benzene ring substituents is 1. The molecule has 0 atom stereocenters. The summed E-state index contributed by atoms with van der Waals surface area (Å²) in [6, 6.07) is 12.4. The van der Waals surface area contributed by atoms with Gasteiger partial charge in [0.25, 0.3) is 5.69 Å². The number of hydrogen-bond acceptors (Lipinski definition) is 8. The van der Waals surface area contributed by atoms with Gasteiger partial charge in [-0.15, -0.1) is 10.2 Å². The highest BCUT2D eigenvalue weighted by molar-refractivity contribution is 7.89. The normalized spacial score (nSPS) is 14.8. The van der Waals surface area contributed by atoms with Crippen LogP contribution in [0.15, 0.2) is 57.8 Å². The Labute approximate surface area is 196 Å². The minimum absolute atomic E-state index is 0.0151. The van der Waals surface area contributed by atoms with Crippen LogP contribution in [0.3, 0.4) is 0 Å². The van der Waals surface area contributed by atoms with E-state index in [9.17, 15) is 23.3 Å². The van der Waals surface area contributed by atoms with Crippen molar-refractivity contribution in [3.8, 4) is 11.5 Å². The second kappa shape index (κ2) is 9.69. The number of sulfonamides is 1. The summed E-state index contributed by atoms with van der Waals surface area (Å²) in [5.74, 6) is 0.637. The summed E-state index contributed by atoms with van der Waals surface area (Å²) in [4.78, 5) is 24.4. The number of aromatic nitrogens is 2. The van der Waals surface area contributed by atoms with E-state index >= 15 is 0 Å². The third-order valence-corrected chi connectivity index (χ3v) is 7.51. The summed E-state index contributed by atoms with van der Waals surface area (Å²) in [6.45, 7) is 2.78. The molecule has 1 aromatic heterocycles. The molecule has 11 nitrogen and oxygen atoms in total. The van der Waals surface area contributed by atoms with Crippen LogP contribution in [0.2, 0.25) is 0 Å². The van der Waals surface area contributed by atoms with Crippen LogP contribution in [0.25, 0.3) is 11.5 Å². The van der Waals surface area contributed by atoms with Crippen molar-refractivity contribution in [1.82, 2.24) is 19.4 Å². The molecule has 2 aromatic carbocycles. The largest absolute Gasteiger partial charge is 0.421 e. The number of hydrogen-bond donors (Lipinski definition) is 0. The van der Waals surface area contributed by atoms with Crippen LogP contribution in [0.5, 0.6) is 0 Å². The minimum Gasteiger partial charge on any atom is -0.421 e. The van der Waals surface area contributed by atoms with Crippen LogP contribution in [-0.2, 0) is 21.2 Å². The van der Waals surface area contributed by atoms with Gasteiger partial charge < -0.3 is 9.32 Å². The number of non-ortho nitro benzene ring substituents is 1. The lowest BCUT2D eigenvalue weighted by atomic mass is 10.1. The predicted octanol–water partition coefficient (Wildman–Crippen LogP) is 2.42. The molecule has 34 heavy (non-hydrogen) atoms. The molecule has 2 heterocycles. The Hall–Kier alpha value is -3.64. The van der Waals surface area contributed by atoms with E-state index in [0.717, 1.165) is 23.3 Å². The molecule has 3 aromatic rings. The Morgan fingerprint density at radius 1 is 1.03 bits per heavy atom. The molecule has 1 amide bonds. The van der Waals surface area contributed by atoms with Gasteiger partial charge in [-0.05, 0) is 31.2 Å². The highest BCUT2D eigenvalue weighted by atomic mass is 32.2. The molecule has 1 aliphatic rings. The number of nitro groups is 1. The second-order valence-corrected chi connectivity index (χ2v) is 9.84. The second-order valence-electron chi connectivity index (χ2n) is 7.90. The molecule has 1 saturated heterocycles. The summed E-state index contributed by atoms with van der Waals surface area (Å²) in [6.07, 6.45) is 0.462. The average Bonchev–Trinajstić information content (AvgIpc) is 3.32. The molecule has 0 unspecified atom stereocenters. The Morgan fingerprint density at radius 2 is 1.68 bits per heavy atom. The maximum Gasteiger partial charge on any atom is 0.269 e. The monoisotopic (exact) mass is 485 g/mol. The fraction of sp³-hybridized carbons (Fsp3) is 0.318. The number of benzene rings is 2. The predicted molar refractivity (Wildman–Crippen MR) is 121 cm³/mol. The molecule has 0 saturated carbocycles. The van der Waals surface area contributed by atoms with E-state index in [1.807, 2.05) is 31.2 Å². The summed E-state index contributed by atoms with van der Waals surface area (Å²) in [5.41, 5.74) is 1.75. The summed E-state index contributed by atoms with van der Waals surface area (Å²) >= 11 is 0. The van der Waals surface area contributed by atoms with Gasteiger partial charge in [-0.25, -0.2) is 8.42 Å². The molecule has 0 bridgehead atoms. The topological polar surface area (TPSA) is 140 Å². The highest BCUT2D eigenvalue weighted by Crippen LogP contribution is 2.22. The lowest BCUT2D eigenvalue weighted by Gasteiger charge is -2.34. The molecule has 4 rings (SSSR count). The fourth-order valence-electron chi connectivity index (χ4n) is 3.61. The lowest BCUT2D eigenvalue weighted by molar-refractivity contribution is -0.384. The number of aryl methyl sites for hydroxylation is 2. The first kappa shape index (κ1) is 23.5. The molecule has 178 valence electrons. The van der Waals surface area contributed by atoms with Crippen molar-refractivity contribution in [1.29, 1.82) is 0 Å². The smallest absolute Gasteiger partial charge is 0.269 e. The maximum absolute atomic E-state index is 12.8. The zero-order valence-corrected chi connectivity index (χ0v) is 19.3. The van der Waals surface area contributed by atoms with E-state index < -0.39 is 14.9 Å². The number of carbonyl (C=O) groups excluding carboxylic acids is 1. The van der Waals surface area contributed by atoms with Gasteiger partial charge >= 0.3 is 0 Å². The van der Waals surface area contributed by atoms with E-state index in [1.54, 1.807) is 4.90 Å². The first-order chi connectivity index (χ1) is 16.2. The summed E-state index contributed by atoms with van der Waals surface area (Å²) in [7, 11) is -3.80. The third-order valence-electron chi connectivity index (χ3n) is 5.59. The van der Waals surface area contributed by atoms with Crippen LogP contribution in [-0.4, -0.2) is 64.8 Å². The van der Waals surface area contributed by atoms with Crippen molar-refractivity contribution in [2.24, 2.45) is 0 Å². The summed E-state index contributed by atoms with van der Waals surface area (Å²) < 4.78 is 32.6. The van der Waals surface area contributed by atoms with Gasteiger partial charge in [0.2, 0.25) is 27.7 Å². The number of nitrogens with zero attached hydrogens (tertiary/aromatic N) is 5. The van der Waals surface area contributed by atoms with E-state index in [-0.39, 0.29) is 49.1 Å². The van der Waals surface area contributed by atoms with E-state index in [4.69, 9.17) is 4.42 Å². The maximum atomic E-state index is 12.8. The van der Waals surface area contributed by atoms with E-state index in [1.165, 1.54) is 16.4 Å². The van der Waals surface area contributed by atoms with Crippen molar-refractivity contribution in [3.05, 3.63) is 70.1 Å². The number of amides is 1. The molecule has 0 N–H and O–H groups in total. The van der Waals surface area contributed by atoms with Crippen molar-refractivity contribution in [3.63, 3.8) is 0 Å².